The minimum Gasteiger partial charge on any atom is -0.354 e. The summed E-state index contributed by atoms with van der Waals surface area (Å²) in [6.45, 7) is 5.28. The molecule has 0 radical (unpaired) electrons. The number of hydrogen-bond donors (Lipinski definition) is 1. The van der Waals surface area contributed by atoms with Gasteiger partial charge in [0, 0.05) is 16.8 Å². The lowest BCUT2D eigenvalue weighted by Crippen LogP contribution is -2.54. The van der Waals surface area contributed by atoms with Crippen LogP contribution in [0.4, 0.5) is 0 Å². The second kappa shape index (κ2) is 6.22. The fourth-order valence-electron chi connectivity index (χ4n) is 5.73. The molecule has 1 N–H and O–H groups in total. The first-order chi connectivity index (χ1) is 10.1. The van der Waals surface area contributed by atoms with Crippen molar-refractivity contribution in [1.82, 2.24) is 5.32 Å². The van der Waals surface area contributed by atoms with E-state index in [-0.39, 0.29) is 5.41 Å². The zero-order valence-corrected chi connectivity index (χ0v) is 15.1. The molecular formula is C18H30BrNO. The van der Waals surface area contributed by atoms with Crippen molar-refractivity contribution in [1.29, 1.82) is 0 Å². The summed E-state index contributed by atoms with van der Waals surface area (Å²) in [5.74, 6) is 3.58. The minimum absolute atomic E-state index is 0.00932. The van der Waals surface area contributed by atoms with Gasteiger partial charge in [-0.25, -0.2) is 0 Å². The zero-order chi connectivity index (χ0) is 15.0. The van der Waals surface area contributed by atoms with Crippen LogP contribution in [0.5, 0.6) is 0 Å². The maximum atomic E-state index is 12.9. The van der Waals surface area contributed by atoms with Crippen molar-refractivity contribution in [3.8, 4) is 0 Å². The molecule has 1 amide bonds. The van der Waals surface area contributed by atoms with Crippen LogP contribution in [0, 0.1) is 29.1 Å². The Bertz CT molecular complexity index is 355. The molecule has 0 aliphatic heterocycles. The summed E-state index contributed by atoms with van der Waals surface area (Å²) in [6.07, 6.45) is 10.1. The van der Waals surface area contributed by atoms with Crippen LogP contribution in [0.1, 0.15) is 65.2 Å². The van der Waals surface area contributed by atoms with E-state index >= 15 is 0 Å². The maximum Gasteiger partial charge on any atom is 0.226 e. The standard InChI is InChI=1S/C18H30BrNO/c1-3-15(4-2)16(19)11-20-17(21)18-8-12-5-13(9-18)7-14(6-12)10-18/h12-16H,3-11H2,1-2H3,(H,20,21). The predicted octanol–water partition coefficient (Wildman–Crippen LogP) is 4.52. The van der Waals surface area contributed by atoms with E-state index in [9.17, 15) is 4.79 Å². The number of rotatable bonds is 6. The minimum atomic E-state index is 0.00932. The van der Waals surface area contributed by atoms with Gasteiger partial charge in [-0.15, -0.1) is 0 Å². The highest BCUT2D eigenvalue weighted by molar-refractivity contribution is 9.09. The molecule has 4 saturated carbocycles. The number of nitrogens with one attached hydrogen (secondary N) is 1. The van der Waals surface area contributed by atoms with Crippen molar-refractivity contribution in [3.63, 3.8) is 0 Å². The molecule has 4 rings (SSSR count). The molecule has 21 heavy (non-hydrogen) atoms. The fourth-order valence-corrected chi connectivity index (χ4v) is 6.64. The Labute approximate surface area is 138 Å². The summed E-state index contributed by atoms with van der Waals surface area (Å²) in [5.41, 5.74) is 0.00932. The van der Waals surface area contributed by atoms with E-state index in [1.165, 1.54) is 51.4 Å². The predicted molar refractivity (Wildman–Crippen MR) is 90.4 cm³/mol. The number of halogens is 1. The first-order valence-corrected chi connectivity index (χ1v) is 9.90. The van der Waals surface area contributed by atoms with Gasteiger partial charge < -0.3 is 5.32 Å². The third-order valence-corrected chi connectivity index (χ3v) is 7.61. The molecule has 0 heterocycles. The van der Waals surface area contributed by atoms with Gasteiger partial charge in [0.05, 0.1) is 0 Å². The Hall–Kier alpha value is -0.0500. The molecule has 0 saturated heterocycles. The van der Waals surface area contributed by atoms with Crippen LogP contribution in [0.15, 0.2) is 0 Å². The zero-order valence-electron chi connectivity index (χ0n) is 13.5. The highest BCUT2D eigenvalue weighted by Crippen LogP contribution is 2.60. The summed E-state index contributed by atoms with van der Waals surface area (Å²) in [6, 6.07) is 0. The Kier molecular flexibility index (Phi) is 4.69. The van der Waals surface area contributed by atoms with Crippen molar-refractivity contribution in [2.45, 2.75) is 70.0 Å². The van der Waals surface area contributed by atoms with E-state index < -0.39 is 0 Å². The van der Waals surface area contributed by atoms with Gasteiger partial charge in [0.15, 0.2) is 0 Å². The van der Waals surface area contributed by atoms with E-state index in [4.69, 9.17) is 0 Å². The molecule has 0 aromatic carbocycles. The summed E-state index contributed by atoms with van der Waals surface area (Å²) in [5, 5.41) is 3.30. The monoisotopic (exact) mass is 355 g/mol. The number of carbonyl (C=O) groups excluding carboxylic acids is 1. The van der Waals surface area contributed by atoms with Gasteiger partial charge in [-0.05, 0) is 62.2 Å². The average Bonchev–Trinajstić information content (AvgIpc) is 2.44. The largest absolute Gasteiger partial charge is 0.354 e. The molecule has 1 atom stereocenters. The molecule has 4 aliphatic carbocycles. The van der Waals surface area contributed by atoms with Crippen LogP contribution in [0.3, 0.4) is 0 Å². The Morgan fingerprint density at radius 2 is 1.57 bits per heavy atom. The summed E-state index contributed by atoms with van der Waals surface area (Å²) in [4.78, 5) is 13.3. The second-order valence-electron chi connectivity index (χ2n) is 8.00. The number of alkyl halides is 1. The van der Waals surface area contributed by atoms with Gasteiger partial charge in [0.1, 0.15) is 0 Å². The lowest BCUT2D eigenvalue weighted by Gasteiger charge is -2.55. The van der Waals surface area contributed by atoms with E-state index in [1.807, 2.05) is 0 Å². The van der Waals surface area contributed by atoms with Crippen LogP contribution in [-0.4, -0.2) is 17.3 Å². The first kappa shape index (κ1) is 15.8. The average molecular weight is 356 g/mol. The lowest BCUT2D eigenvalue weighted by atomic mass is 9.49. The quantitative estimate of drug-likeness (QED) is 0.697. The molecule has 120 valence electrons. The Morgan fingerprint density at radius 1 is 1.10 bits per heavy atom. The number of hydrogen-bond acceptors (Lipinski definition) is 1. The van der Waals surface area contributed by atoms with Gasteiger partial charge in [-0.2, -0.15) is 0 Å². The molecule has 0 spiro atoms. The molecular weight excluding hydrogens is 326 g/mol. The van der Waals surface area contributed by atoms with E-state index in [1.54, 1.807) is 0 Å². The normalized spacial score (nSPS) is 38.8. The highest BCUT2D eigenvalue weighted by Gasteiger charge is 2.54. The molecule has 0 aromatic heterocycles. The topological polar surface area (TPSA) is 29.1 Å². The molecule has 4 fully saturated rings. The molecule has 4 aliphatic rings. The van der Waals surface area contributed by atoms with E-state index in [0.29, 0.717) is 16.7 Å². The Balaban J connectivity index is 1.58. The van der Waals surface area contributed by atoms with Gasteiger partial charge in [0.25, 0.3) is 0 Å². The van der Waals surface area contributed by atoms with Gasteiger partial charge in [-0.3, -0.25) is 4.79 Å². The SMILES string of the molecule is CCC(CC)C(Br)CNC(=O)C12CC3CC(CC(C3)C1)C2. The summed E-state index contributed by atoms with van der Waals surface area (Å²) in [7, 11) is 0. The highest BCUT2D eigenvalue weighted by atomic mass is 79.9. The van der Waals surface area contributed by atoms with Crippen molar-refractivity contribution in [2.24, 2.45) is 29.1 Å². The molecule has 4 bridgehead atoms. The van der Waals surface area contributed by atoms with Crippen molar-refractivity contribution >= 4 is 21.8 Å². The van der Waals surface area contributed by atoms with Gasteiger partial charge in [-0.1, -0.05) is 42.6 Å². The van der Waals surface area contributed by atoms with Gasteiger partial charge >= 0.3 is 0 Å². The Morgan fingerprint density at radius 3 is 2.00 bits per heavy atom. The molecule has 2 nitrogen and oxygen atoms in total. The van der Waals surface area contributed by atoms with Crippen LogP contribution < -0.4 is 5.32 Å². The number of amides is 1. The smallest absolute Gasteiger partial charge is 0.226 e. The van der Waals surface area contributed by atoms with Crippen LogP contribution in [0.25, 0.3) is 0 Å². The number of carbonyl (C=O) groups is 1. The fraction of sp³-hybridized carbons (Fsp3) is 0.944. The third kappa shape index (κ3) is 3.04. The van der Waals surface area contributed by atoms with Gasteiger partial charge in [0.2, 0.25) is 5.91 Å². The molecule has 3 heteroatoms. The van der Waals surface area contributed by atoms with E-state index in [2.05, 4.69) is 35.1 Å². The van der Waals surface area contributed by atoms with Crippen LogP contribution in [0.2, 0.25) is 0 Å². The second-order valence-corrected chi connectivity index (χ2v) is 9.18. The maximum absolute atomic E-state index is 12.9. The van der Waals surface area contributed by atoms with E-state index in [0.717, 1.165) is 24.3 Å². The van der Waals surface area contributed by atoms with Crippen molar-refractivity contribution < 1.29 is 4.79 Å². The first-order valence-electron chi connectivity index (χ1n) is 8.98. The molecule has 0 aromatic rings. The van der Waals surface area contributed by atoms with Crippen molar-refractivity contribution in [3.05, 3.63) is 0 Å². The lowest BCUT2D eigenvalue weighted by molar-refractivity contribution is -0.146. The van der Waals surface area contributed by atoms with Crippen molar-refractivity contribution in [2.75, 3.05) is 6.54 Å². The summed E-state index contributed by atoms with van der Waals surface area (Å²) >= 11 is 3.79. The van der Waals surface area contributed by atoms with Crippen LogP contribution in [-0.2, 0) is 4.79 Å². The van der Waals surface area contributed by atoms with Crippen LogP contribution >= 0.6 is 15.9 Å². The molecule has 1 unspecified atom stereocenters. The summed E-state index contributed by atoms with van der Waals surface area (Å²) < 4.78 is 0. The third-order valence-electron chi connectivity index (χ3n) is 6.54.